The molecule has 1 N–H and O–H groups in total. The molecule has 1 heterocycles. The number of carboxylic acids is 1. The van der Waals surface area contributed by atoms with Crippen molar-refractivity contribution in [3.05, 3.63) is 15.9 Å². The molecule has 0 aromatic carbocycles. The Labute approximate surface area is 117 Å². The number of aryl methyl sites for hydroxylation is 2. The highest BCUT2D eigenvalue weighted by Gasteiger charge is 2.35. The van der Waals surface area contributed by atoms with Gasteiger partial charge in [0.1, 0.15) is 4.75 Å². The number of carbonyl (C=O) groups is 1. The van der Waals surface area contributed by atoms with E-state index in [4.69, 9.17) is 5.11 Å². The van der Waals surface area contributed by atoms with E-state index in [-0.39, 0.29) is 5.75 Å². The van der Waals surface area contributed by atoms with E-state index in [9.17, 15) is 9.00 Å². The molecule has 1 unspecified atom stereocenters. The summed E-state index contributed by atoms with van der Waals surface area (Å²) >= 11 is 3.41. The Morgan fingerprint density at radius 3 is 2.56 bits per heavy atom. The highest BCUT2D eigenvalue weighted by molar-refractivity contribution is 9.10. The number of rotatable bonds is 5. The van der Waals surface area contributed by atoms with Gasteiger partial charge in [-0.3, -0.25) is 13.7 Å². The summed E-state index contributed by atoms with van der Waals surface area (Å²) in [7, 11) is -1.51. The molecule has 0 radical (unpaired) electrons. The topological polar surface area (TPSA) is 72.2 Å². The first-order valence-corrected chi connectivity index (χ1v) is 7.66. The third kappa shape index (κ3) is 2.83. The van der Waals surface area contributed by atoms with E-state index in [1.165, 1.54) is 13.8 Å². The van der Waals surface area contributed by atoms with Crippen LogP contribution in [0.15, 0.2) is 4.47 Å². The smallest absolute Gasteiger partial charge is 0.321 e. The molecule has 1 aromatic heterocycles. The Morgan fingerprint density at radius 2 is 2.11 bits per heavy atom. The van der Waals surface area contributed by atoms with Crippen molar-refractivity contribution in [2.24, 2.45) is 0 Å². The maximum absolute atomic E-state index is 12.2. The largest absolute Gasteiger partial charge is 0.480 e. The van der Waals surface area contributed by atoms with Crippen molar-refractivity contribution >= 4 is 32.7 Å². The van der Waals surface area contributed by atoms with Crippen molar-refractivity contribution in [3.8, 4) is 0 Å². The second-order valence-electron chi connectivity index (χ2n) is 4.47. The average Bonchev–Trinajstić information content (AvgIpc) is 2.56. The first-order valence-electron chi connectivity index (χ1n) is 5.55. The zero-order chi connectivity index (χ0) is 14.1. The van der Waals surface area contributed by atoms with Crippen LogP contribution in [0.4, 0.5) is 0 Å². The van der Waals surface area contributed by atoms with E-state index in [2.05, 4.69) is 21.0 Å². The second-order valence-corrected chi connectivity index (χ2v) is 7.26. The SMILES string of the molecule is CCn1nc(C)c(Br)c1CS(=O)C(C)(C)C(=O)O. The molecular formula is C11H17BrN2O3S. The molecule has 0 aliphatic carbocycles. The van der Waals surface area contributed by atoms with Gasteiger partial charge in [-0.15, -0.1) is 0 Å². The third-order valence-electron chi connectivity index (χ3n) is 2.80. The molecule has 0 bridgehead atoms. The minimum absolute atomic E-state index is 0.175. The quantitative estimate of drug-likeness (QED) is 0.893. The fraction of sp³-hybridized carbons (Fsp3) is 0.636. The van der Waals surface area contributed by atoms with Crippen LogP contribution in [-0.4, -0.2) is 29.8 Å². The van der Waals surface area contributed by atoms with E-state index in [0.29, 0.717) is 6.54 Å². The van der Waals surface area contributed by atoms with Gasteiger partial charge in [-0.1, -0.05) is 0 Å². The summed E-state index contributed by atoms with van der Waals surface area (Å²) in [6.07, 6.45) is 0. The molecular weight excluding hydrogens is 320 g/mol. The van der Waals surface area contributed by atoms with Crippen LogP contribution in [0.1, 0.15) is 32.2 Å². The number of nitrogens with zero attached hydrogens (tertiary/aromatic N) is 2. The summed E-state index contributed by atoms with van der Waals surface area (Å²) < 4.78 is 13.5. The molecule has 1 atom stereocenters. The van der Waals surface area contributed by atoms with Crippen molar-refractivity contribution in [2.45, 2.75) is 44.7 Å². The summed E-state index contributed by atoms with van der Waals surface area (Å²) in [5.74, 6) is -0.884. The molecule has 0 spiro atoms. The highest BCUT2D eigenvalue weighted by Crippen LogP contribution is 2.25. The maximum atomic E-state index is 12.2. The van der Waals surface area contributed by atoms with E-state index < -0.39 is 21.5 Å². The van der Waals surface area contributed by atoms with Crippen molar-refractivity contribution in [2.75, 3.05) is 0 Å². The summed E-state index contributed by atoms with van der Waals surface area (Å²) in [6, 6.07) is 0. The van der Waals surface area contributed by atoms with E-state index in [1.807, 2.05) is 13.8 Å². The predicted molar refractivity (Wildman–Crippen MR) is 73.9 cm³/mol. The van der Waals surface area contributed by atoms with Crippen LogP contribution in [0.3, 0.4) is 0 Å². The molecule has 5 nitrogen and oxygen atoms in total. The summed E-state index contributed by atoms with van der Waals surface area (Å²) in [4.78, 5) is 11.1. The van der Waals surface area contributed by atoms with Gasteiger partial charge in [-0.05, 0) is 43.6 Å². The molecule has 102 valence electrons. The molecule has 0 fully saturated rings. The van der Waals surface area contributed by atoms with Crippen LogP contribution in [-0.2, 0) is 27.9 Å². The molecule has 1 rings (SSSR count). The van der Waals surface area contributed by atoms with Crippen molar-refractivity contribution in [3.63, 3.8) is 0 Å². The fourth-order valence-corrected chi connectivity index (χ4v) is 3.12. The normalized spacial score (nSPS) is 13.6. The van der Waals surface area contributed by atoms with Crippen LogP contribution in [0.5, 0.6) is 0 Å². The van der Waals surface area contributed by atoms with Crippen LogP contribution in [0, 0.1) is 6.92 Å². The van der Waals surface area contributed by atoms with Gasteiger partial charge in [-0.2, -0.15) is 5.10 Å². The van der Waals surface area contributed by atoms with Gasteiger partial charge >= 0.3 is 5.97 Å². The maximum Gasteiger partial charge on any atom is 0.321 e. The van der Waals surface area contributed by atoms with Crippen LogP contribution in [0.25, 0.3) is 0 Å². The first kappa shape index (κ1) is 15.4. The molecule has 0 aliphatic rings. The lowest BCUT2D eigenvalue weighted by Crippen LogP contribution is -2.37. The lowest BCUT2D eigenvalue weighted by Gasteiger charge is -2.18. The molecule has 7 heteroatoms. The standard InChI is InChI=1S/C11H17BrN2O3S/c1-5-14-8(9(12)7(2)13-14)6-18(17)11(3,4)10(15)16/h5-6H2,1-4H3,(H,15,16). The van der Waals surface area contributed by atoms with E-state index >= 15 is 0 Å². The molecule has 0 amide bonds. The lowest BCUT2D eigenvalue weighted by atomic mass is 10.2. The van der Waals surface area contributed by atoms with Gasteiger partial charge in [0.2, 0.25) is 0 Å². The van der Waals surface area contributed by atoms with Gasteiger partial charge in [0, 0.05) is 17.3 Å². The average molecular weight is 337 g/mol. The number of hydrogen-bond donors (Lipinski definition) is 1. The Balaban J connectivity index is 3.06. The Morgan fingerprint density at radius 1 is 1.56 bits per heavy atom. The molecule has 0 saturated carbocycles. The van der Waals surface area contributed by atoms with Crippen molar-refractivity contribution in [1.82, 2.24) is 9.78 Å². The van der Waals surface area contributed by atoms with E-state index in [0.717, 1.165) is 15.9 Å². The van der Waals surface area contributed by atoms with Gasteiger partial charge in [0.25, 0.3) is 0 Å². The van der Waals surface area contributed by atoms with Gasteiger partial charge in [0.05, 0.1) is 21.6 Å². The lowest BCUT2D eigenvalue weighted by molar-refractivity contribution is -0.139. The summed E-state index contributed by atoms with van der Waals surface area (Å²) in [5.41, 5.74) is 1.60. The monoisotopic (exact) mass is 336 g/mol. The second kappa shape index (κ2) is 5.52. The van der Waals surface area contributed by atoms with Crippen molar-refractivity contribution < 1.29 is 14.1 Å². The minimum atomic E-state index is -1.51. The zero-order valence-corrected chi connectivity index (χ0v) is 13.3. The molecule has 0 aliphatic heterocycles. The minimum Gasteiger partial charge on any atom is -0.480 e. The fourth-order valence-electron chi connectivity index (χ4n) is 1.41. The van der Waals surface area contributed by atoms with Crippen LogP contribution in [0.2, 0.25) is 0 Å². The van der Waals surface area contributed by atoms with E-state index in [1.54, 1.807) is 4.68 Å². The summed E-state index contributed by atoms with van der Waals surface area (Å²) in [6.45, 7) is 7.39. The van der Waals surface area contributed by atoms with Gasteiger partial charge < -0.3 is 5.11 Å². The highest BCUT2D eigenvalue weighted by atomic mass is 79.9. The molecule has 0 saturated heterocycles. The Hall–Kier alpha value is -0.690. The van der Waals surface area contributed by atoms with Crippen LogP contribution >= 0.6 is 15.9 Å². The Bertz CT molecular complexity index is 497. The number of aliphatic carboxylic acids is 1. The zero-order valence-electron chi connectivity index (χ0n) is 10.9. The molecule has 1 aromatic rings. The Kier molecular flexibility index (Phi) is 4.72. The van der Waals surface area contributed by atoms with Gasteiger partial charge in [-0.25, -0.2) is 0 Å². The van der Waals surface area contributed by atoms with Crippen LogP contribution < -0.4 is 0 Å². The number of halogens is 1. The number of aromatic nitrogens is 2. The third-order valence-corrected chi connectivity index (χ3v) is 5.68. The first-order chi connectivity index (χ1) is 8.21. The summed E-state index contributed by atoms with van der Waals surface area (Å²) in [5, 5.41) is 13.4. The van der Waals surface area contributed by atoms with Crippen molar-refractivity contribution in [1.29, 1.82) is 0 Å². The number of carboxylic acid groups (broad SMARTS) is 1. The van der Waals surface area contributed by atoms with Gasteiger partial charge in [0.15, 0.2) is 0 Å². The number of hydrogen-bond acceptors (Lipinski definition) is 3. The molecule has 18 heavy (non-hydrogen) atoms. The predicted octanol–water partition coefficient (Wildman–Crippen LogP) is 2.09.